The molecule has 0 radical (unpaired) electrons. The largest absolute Gasteiger partial charge is 0.481 e. The Morgan fingerprint density at radius 3 is 2.58 bits per heavy atom. The number of rotatable bonds is 4. The van der Waals surface area contributed by atoms with Crippen molar-refractivity contribution in [3.63, 3.8) is 0 Å². The summed E-state index contributed by atoms with van der Waals surface area (Å²) in [6, 6.07) is 0. The lowest BCUT2D eigenvalue weighted by Gasteiger charge is -2.33. The molecule has 110 valence electrons. The van der Waals surface area contributed by atoms with Gasteiger partial charge in [0.15, 0.2) is 0 Å². The van der Waals surface area contributed by atoms with Gasteiger partial charge in [-0.15, -0.1) is 0 Å². The van der Waals surface area contributed by atoms with Crippen LogP contribution >= 0.6 is 0 Å². The summed E-state index contributed by atoms with van der Waals surface area (Å²) in [4.78, 5) is 22.9. The molecule has 1 saturated heterocycles. The second-order valence-corrected chi connectivity index (χ2v) is 5.97. The van der Waals surface area contributed by atoms with Crippen molar-refractivity contribution in [3.8, 4) is 0 Å². The second-order valence-electron chi connectivity index (χ2n) is 5.97. The highest BCUT2D eigenvalue weighted by atomic mass is 16.6. The van der Waals surface area contributed by atoms with Crippen LogP contribution in [0.25, 0.3) is 0 Å². The molecule has 0 aromatic rings. The maximum Gasteiger partial charge on any atom is 0.408 e. The zero-order valence-electron chi connectivity index (χ0n) is 12.0. The summed E-state index contributed by atoms with van der Waals surface area (Å²) < 4.78 is 10.6. The van der Waals surface area contributed by atoms with Crippen molar-refractivity contribution in [2.75, 3.05) is 13.2 Å². The van der Waals surface area contributed by atoms with E-state index in [0.29, 0.717) is 6.61 Å². The van der Waals surface area contributed by atoms with E-state index in [2.05, 4.69) is 5.32 Å². The minimum atomic E-state index is -0.958. The number of carbonyl (C=O) groups is 2. The summed E-state index contributed by atoms with van der Waals surface area (Å²) in [6.07, 6.45) is -0.0221. The van der Waals surface area contributed by atoms with Gasteiger partial charge in [-0.2, -0.15) is 0 Å². The number of aliphatic carboxylic acids is 1. The van der Waals surface area contributed by atoms with E-state index in [9.17, 15) is 9.59 Å². The molecule has 1 rings (SSSR count). The Kier molecular flexibility index (Phi) is 4.79. The molecule has 1 aliphatic heterocycles. The summed E-state index contributed by atoms with van der Waals surface area (Å²) in [5.41, 5.74) is -1.49. The summed E-state index contributed by atoms with van der Waals surface area (Å²) >= 11 is 0. The van der Waals surface area contributed by atoms with Gasteiger partial charge >= 0.3 is 12.1 Å². The Bertz CT molecular complexity index is 349. The van der Waals surface area contributed by atoms with Gasteiger partial charge < -0.3 is 19.9 Å². The predicted octanol–water partition coefficient (Wildman–Crippen LogP) is 1.78. The number of hydrogen-bond acceptors (Lipinski definition) is 4. The average molecular weight is 273 g/mol. The molecule has 0 aromatic heterocycles. The molecule has 2 N–H and O–H groups in total. The van der Waals surface area contributed by atoms with Crippen molar-refractivity contribution < 1.29 is 24.2 Å². The molecule has 0 aromatic carbocycles. The van der Waals surface area contributed by atoms with Crippen molar-refractivity contribution >= 4 is 12.1 Å². The number of ether oxygens (including phenoxy) is 2. The molecule has 2 unspecified atom stereocenters. The van der Waals surface area contributed by atoms with Gasteiger partial charge in [0.1, 0.15) is 5.60 Å². The molecular weight excluding hydrogens is 250 g/mol. The van der Waals surface area contributed by atoms with Crippen LogP contribution in [0.5, 0.6) is 0 Å². The third kappa shape index (κ3) is 4.38. The van der Waals surface area contributed by atoms with Gasteiger partial charge in [-0.05, 0) is 27.2 Å². The number of alkyl carbamates (subject to hydrolysis) is 1. The van der Waals surface area contributed by atoms with Gasteiger partial charge in [-0.25, -0.2) is 4.79 Å². The van der Waals surface area contributed by atoms with Crippen molar-refractivity contribution in [1.82, 2.24) is 5.32 Å². The number of hydrogen-bond donors (Lipinski definition) is 2. The van der Waals surface area contributed by atoms with Crippen LogP contribution in [0.4, 0.5) is 4.79 Å². The van der Waals surface area contributed by atoms with Crippen LogP contribution in [0.1, 0.15) is 40.5 Å². The fourth-order valence-corrected chi connectivity index (χ4v) is 2.32. The van der Waals surface area contributed by atoms with Crippen LogP contribution in [-0.2, 0) is 14.3 Å². The molecule has 1 fully saturated rings. The van der Waals surface area contributed by atoms with E-state index in [0.717, 1.165) is 6.42 Å². The molecule has 2 atom stereocenters. The molecule has 6 nitrogen and oxygen atoms in total. The van der Waals surface area contributed by atoms with E-state index in [1.165, 1.54) is 0 Å². The van der Waals surface area contributed by atoms with Crippen molar-refractivity contribution in [2.24, 2.45) is 5.92 Å². The predicted molar refractivity (Wildman–Crippen MR) is 69.0 cm³/mol. The Morgan fingerprint density at radius 1 is 1.47 bits per heavy atom. The highest BCUT2D eigenvalue weighted by Crippen LogP contribution is 2.31. The number of amides is 1. The molecule has 6 heteroatoms. The third-order valence-electron chi connectivity index (χ3n) is 3.17. The lowest BCUT2D eigenvalue weighted by atomic mass is 9.82. The number of carboxylic acids is 1. The topological polar surface area (TPSA) is 84.9 Å². The summed E-state index contributed by atoms with van der Waals surface area (Å²) in [5.74, 6) is -0.976. The monoisotopic (exact) mass is 273 g/mol. The van der Waals surface area contributed by atoms with E-state index < -0.39 is 23.2 Å². The Hall–Kier alpha value is -1.30. The van der Waals surface area contributed by atoms with E-state index in [1.807, 2.05) is 6.92 Å². The Balaban J connectivity index is 2.81. The van der Waals surface area contributed by atoms with Crippen LogP contribution < -0.4 is 5.32 Å². The zero-order valence-corrected chi connectivity index (χ0v) is 12.0. The number of carboxylic acid groups (broad SMARTS) is 1. The number of nitrogens with one attached hydrogen (secondary N) is 1. The van der Waals surface area contributed by atoms with Crippen molar-refractivity contribution in [3.05, 3.63) is 0 Å². The van der Waals surface area contributed by atoms with Gasteiger partial charge in [0.05, 0.1) is 25.2 Å². The fraction of sp³-hybridized carbons (Fsp3) is 0.846. The molecule has 0 spiro atoms. The van der Waals surface area contributed by atoms with Gasteiger partial charge in [-0.3, -0.25) is 4.79 Å². The second kappa shape index (κ2) is 5.77. The van der Waals surface area contributed by atoms with Crippen LogP contribution in [-0.4, -0.2) is 41.5 Å². The van der Waals surface area contributed by atoms with Crippen LogP contribution in [0, 0.1) is 5.92 Å². The molecule has 0 aliphatic carbocycles. The summed E-state index contributed by atoms with van der Waals surface area (Å²) in [5, 5.41) is 11.8. The minimum absolute atomic E-state index is 0.0175. The molecule has 1 amide bonds. The Morgan fingerprint density at radius 2 is 2.11 bits per heavy atom. The third-order valence-corrected chi connectivity index (χ3v) is 3.17. The van der Waals surface area contributed by atoms with Crippen LogP contribution in [0.15, 0.2) is 0 Å². The first kappa shape index (κ1) is 15.8. The first-order valence-corrected chi connectivity index (χ1v) is 6.49. The molecule has 1 aliphatic rings. The highest BCUT2D eigenvalue weighted by Gasteiger charge is 2.46. The quantitative estimate of drug-likeness (QED) is 0.815. The lowest BCUT2D eigenvalue weighted by molar-refractivity contribution is -0.139. The van der Waals surface area contributed by atoms with E-state index in [4.69, 9.17) is 14.6 Å². The SMILES string of the molecule is CCC1COCC1(CC(=O)O)NC(=O)OC(C)(C)C. The molecular formula is C13H23NO5. The maximum absolute atomic E-state index is 11.9. The maximum atomic E-state index is 11.9. The van der Waals surface area contributed by atoms with E-state index >= 15 is 0 Å². The lowest BCUT2D eigenvalue weighted by Crippen LogP contribution is -2.56. The first-order chi connectivity index (χ1) is 8.68. The van der Waals surface area contributed by atoms with E-state index in [1.54, 1.807) is 20.8 Å². The van der Waals surface area contributed by atoms with Gasteiger partial charge in [0, 0.05) is 5.92 Å². The normalized spacial score (nSPS) is 27.1. The summed E-state index contributed by atoms with van der Waals surface area (Å²) in [6.45, 7) is 7.90. The van der Waals surface area contributed by atoms with Crippen LogP contribution in [0.2, 0.25) is 0 Å². The number of carbonyl (C=O) groups excluding carboxylic acids is 1. The van der Waals surface area contributed by atoms with Crippen molar-refractivity contribution in [1.29, 1.82) is 0 Å². The van der Waals surface area contributed by atoms with E-state index in [-0.39, 0.29) is 18.9 Å². The molecule has 0 saturated carbocycles. The zero-order chi connectivity index (χ0) is 14.7. The smallest absolute Gasteiger partial charge is 0.408 e. The van der Waals surface area contributed by atoms with Crippen LogP contribution in [0.3, 0.4) is 0 Å². The molecule has 19 heavy (non-hydrogen) atoms. The molecule has 0 bridgehead atoms. The fourth-order valence-electron chi connectivity index (χ4n) is 2.32. The summed E-state index contributed by atoms with van der Waals surface area (Å²) in [7, 11) is 0. The van der Waals surface area contributed by atoms with Gasteiger partial charge in [-0.1, -0.05) is 6.92 Å². The first-order valence-electron chi connectivity index (χ1n) is 6.49. The van der Waals surface area contributed by atoms with Gasteiger partial charge in [0.2, 0.25) is 0 Å². The average Bonchev–Trinajstić information content (AvgIpc) is 2.55. The van der Waals surface area contributed by atoms with Crippen molar-refractivity contribution in [2.45, 2.75) is 51.7 Å². The minimum Gasteiger partial charge on any atom is -0.481 e. The standard InChI is InChI=1S/C13H23NO5/c1-5-9-7-18-8-13(9,6-10(15)16)14-11(17)19-12(2,3)4/h9H,5-8H2,1-4H3,(H,14,17)(H,15,16). The van der Waals surface area contributed by atoms with Gasteiger partial charge in [0.25, 0.3) is 0 Å². The molecule has 1 heterocycles. The Labute approximate surface area is 113 Å². The highest BCUT2D eigenvalue weighted by molar-refractivity contribution is 5.73.